The first-order valence-corrected chi connectivity index (χ1v) is 8.27. The lowest BCUT2D eigenvalue weighted by Crippen LogP contribution is -2.39. The molecule has 1 aromatic rings. The zero-order valence-electron chi connectivity index (χ0n) is 12.9. The molecule has 0 aromatic carbocycles. The summed E-state index contributed by atoms with van der Waals surface area (Å²) in [6, 6.07) is 4.06. The number of hydrogen-bond acceptors (Lipinski definition) is 3. The number of carbonyl (C=O) groups excluding carboxylic acids is 1. The average Bonchev–Trinajstić information content (AvgIpc) is 2.62. The first kappa shape index (κ1) is 15.2. The van der Waals surface area contributed by atoms with Crippen LogP contribution >= 0.6 is 0 Å². The predicted molar refractivity (Wildman–Crippen MR) is 85.1 cm³/mol. The van der Waals surface area contributed by atoms with Gasteiger partial charge in [-0.3, -0.25) is 9.78 Å². The highest BCUT2D eigenvalue weighted by Gasteiger charge is 2.29. The van der Waals surface area contributed by atoms with Crippen molar-refractivity contribution in [2.75, 3.05) is 13.2 Å². The minimum Gasteiger partial charge on any atom is -0.381 e. The number of aromatic nitrogens is 1. The molecule has 2 unspecified atom stereocenters. The number of rotatable bonds is 4. The topological polar surface area (TPSA) is 51.2 Å². The molecule has 4 heteroatoms. The van der Waals surface area contributed by atoms with E-state index < -0.39 is 0 Å². The van der Waals surface area contributed by atoms with Crippen molar-refractivity contribution in [3.63, 3.8) is 0 Å². The molecule has 1 fully saturated rings. The Kier molecular flexibility index (Phi) is 5.22. The van der Waals surface area contributed by atoms with Crippen LogP contribution < -0.4 is 5.32 Å². The SMILES string of the molecule is O=C(NC(c1cccnc1)C1CCOCC1)C1CC=CCC1. The lowest BCUT2D eigenvalue weighted by molar-refractivity contribution is -0.126. The number of amides is 1. The second-order valence-electron chi connectivity index (χ2n) is 6.20. The van der Waals surface area contributed by atoms with Gasteiger partial charge in [0.2, 0.25) is 5.91 Å². The van der Waals surface area contributed by atoms with Gasteiger partial charge in [-0.15, -0.1) is 0 Å². The van der Waals surface area contributed by atoms with E-state index in [-0.39, 0.29) is 17.9 Å². The maximum absolute atomic E-state index is 12.6. The first-order chi connectivity index (χ1) is 10.8. The van der Waals surface area contributed by atoms with Gasteiger partial charge >= 0.3 is 0 Å². The van der Waals surface area contributed by atoms with Crippen LogP contribution in [0.2, 0.25) is 0 Å². The number of pyridine rings is 1. The highest BCUT2D eigenvalue weighted by atomic mass is 16.5. The molecule has 3 rings (SSSR count). The maximum Gasteiger partial charge on any atom is 0.223 e. The van der Waals surface area contributed by atoms with Crippen LogP contribution in [0.5, 0.6) is 0 Å². The third-order valence-electron chi connectivity index (χ3n) is 4.72. The van der Waals surface area contributed by atoms with Crippen LogP contribution in [-0.2, 0) is 9.53 Å². The normalized spacial score (nSPS) is 23.9. The van der Waals surface area contributed by atoms with Gasteiger partial charge in [-0.1, -0.05) is 18.2 Å². The van der Waals surface area contributed by atoms with Gasteiger partial charge in [0.1, 0.15) is 0 Å². The van der Waals surface area contributed by atoms with Gasteiger partial charge < -0.3 is 10.1 Å². The van der Waals surface area contributed by atoms with E-state index in [9.17, 15) is 4.79 Å². The molecule has 4 nitrogen and oxygen atoms in total. The minimum atomic E-state index is 0.0519. The lowest BCUT2D eigenvalue weighted by atomic mass is 9.86. The van der Waals surface area contributed by atoms with E-state index in [2.05, 4.69) is 28.5 Å². The van der Waals surface area contributed by atoms with Crippen molar-refractivity contribution in [3.8, 4) is 0 Å². The summed E-state index contributed by atoms with van der Waals surface area (Å²) in [4.78, 5) is 16.9. The number of ether oxygens (including phenoxy) is 1. The molecule has 0 spiro atoms. The molecule has 0 saturated carbocycles. The predicted octanol–water partition coefficient (Wildman–Crippen LogP) is 3.02. The van der Waals surface area contributed by atoms with Crippen LogP contribution in [0.25, 0.3) is 0 Å². The molecule has 22 heavy (non-hydrogen) atoms. The zero-order valence-corrected chi connectivity index (χ0v) is 12.9. The Bertz CT molecular complexity index is 509. The van der Waals surface area contributed by atoms with Crippen LogP contribution in [0.3, 0.4) is 0 Å². The smallest absolute Gasteiger partial charge is 0.223 e. The Labute approximate surface area is 132 Å². The molecule has 2 atom stereocenters. The van der Waals surface area contributed by atoms with E-state index >= 15 is 0 Å². The minimum absolute atomic E-state index is 0.0519. The van der Waals surface area contributed by atoms with Crippen LogP contribution in [-0.4, -0.2) is 24.1 Å². The van der Waals surface area contributed by atoms with Crippen molar-refractivity contribution in [2.24, 2.45) is 11.8 Å². The quantitative estimate of drug-likeness (QED) is 0.870. The molecule has 1 saturated heterocycles. The van der Waals surface area contributed by atoms with Gasteiger partial charge in [-0.05, 0) is 49.7 Å². The number of nitrogens with zero attached hydrogens (tertiary/aromatic N) is 1. The van der Waals surface area contributed by atoms with Crippen molar-refractivity contribution >= 4 is 5.91 Å². The van der Waals surface area contributed by atoms with Crippen LogP contribution in [0.1, 0.15) is 43.7 Å². The van der Waals surface area contributed by atoms with E-state index in [0.29, 0.717) is 5.92 Å². The van der Waals surface area contributed by atoms with Gasteiger partial charge in [0.05, 0.1) is 6.04 Å². The summed E-state index contributed by atoms with van der Waals surface area (Å²) < 4.78 is 5.47. The summed E-state index contributed by atoms with van der Waals surface area (Å²) in [5.74, 6) is 0.731. The third-order valence-corrected chi connectivity index (χ3v) is 4.72. The number of carbonyl (C=O) groups is 1. The van der Waals surface area contributed by atoms with Gasteiger partial charge in [0, 0.05) is 31.5 Å². The fraction of sp³-hybridized carbons (Fsp3) is 0.556. The molecule has 0 radical (unpaired) electrons. The molecule has 1 amide bonds. The van der Waals surface area contributed by atoms with Crippen LogP contribution in [0, 0.1) is 11.8 Å². The Morgan fingerprint density at radius 2 is 2.14 bits per heavy atom. The van der Waals surface area contributed by atoms with Gasteiger partial charge in [-0.25, -0.2) is 0 Å². The van der Waals surface area contributed by atoms with Crippen LogP contribution in [0.15, 0.2) is 36.7 Å². The molecule has 1 aromatic heterocycles. The third kappa shape index (κ3) is 3.74. The van der Waals surface area contributed by atoms with E-state index in [1.165, 1.54) is 0 Å². The van der Waals surface area contributed by atoms with Crippen molar-refractivity contribution in [2.45, 2.75) is 38.1 Å². The molecule has 118 valence electrons. The molecule has 1 aliphatic heterocycles. The fourth-order valence-electron chi connectivity index (χ4n) is 3.39. The number of allylic oxidation sites excluding steroid dienone is 2. The van der Waals surface area contributed by atoms with E-state index in [1.54, 1.807) is 6.20 Å². The zero-order chi connectivity index (χ0) is 15.2. The molecular weight excluding hydrogens is 276 g/mol. The Balaban J connectivity index is 1.73. The van der Waals surface area contributed by atoms with Gasteiger partial charge in [-0.2, -0.15) is 0 Å². The largest absolute Gasteiger partial charge is 0.381 e. The Hall–Kier alpha value is -1.68. The molecule has 2 aliphatic rings. The molecule has 1 N–H and O–H groups in total. The van der Waals surface area contributed by atoms with E-state index in [0.717, 1.165) is 50.9 Å². The fourth-order valence-corrected chi connectivity index (χ4v) is 3.39. The average molecular weight is 300 g/mol. The highest BCUT2D eigenvalue weighted by molar-refractivity contribution is 5.79. The summed E-state index contributed by atoms with van der Waals surface area (Å²) >= 11 is 0. The van der Waals surface area contributed by atoms with Crippen molar-refractivity contribution in [1.29, 1.82) is 0 Å². The van der Waals surface area contributed by atoms with Crippen LogP contribution in [0.4, 0.5) is 0 Å². The standard InChI is InChI=1S/C18H24N2O2/c21-18(15-5-2-1-3-6-15)20-17(14-8-11-22-12-9-14)16-7-4-10-19-13-16/h1-2,4,7,10,13-15,17H,3,5-6,8-9,11-12H2,(H,20,21). The second-order valence-corrected chi connectivity index (χ2v) is 6.20. The summed E-state index contributed by atoms with van der Waals surface area (Å²) in [7, 11) is 0. The number of nitrogens with one attached hydrogen (secondary N) is 1. The maximum atomic E-state index is 12.6. The molecular formula is C18H24N2O2. The Morgan fingerprint density at radius 3 is 2.82 bits per heavy atom. The van der Waals surface area contributed by atoms with E-state index in [1.807, 2.05) is 12.3 Å². The summed E-state index contributed by atoms with van der Waals surface area (Å²) in [6.07, 6.45) is 12.7. The van der Waals surface area contributed by atoms with Crippen molar-refractivity contribution in [1.82, 2.24) is 10.3 Å². The van der Waals surface area contributed by atoms with E-state index in [4.69, 9.17) is 4.74 Å². The van der Waals surface area contributed by atoms with Gasteiger partial charge in [0.15, 0.2) is 0 Å². The molecule has 1 aliphatic carbocycles. The monoisotopic (exact) mass is 300 g/mol. The van der Waals surface area contributed by atoms with Crippen molar-refractivity contribution in [3.05, 3.63) is 42.2 Å². The number of hydrogen-bond donors (Lipinski definition) is 1. The highest BCUT2D eigenvalue weighted by Crippen LogP contribution is 2.30. The lowest BCUT2D eigenvalue weighted by Gasteiger charge is -2.32. The van der Waals surface area contributed by atoms with Crippen molar-refractivity contribution < 1.29 is 9.53 Å². The summed E-state index contributed by atoms with van der Waals surface area (Å²) in [5.41, 5.74) is 1.11. The van der Waals surface area contributed by atoms with Gasteiger partial charge in [0.25, 0.3) is 0 Å². The molecule has 0 bridgehead atoms. The first-order valence-electron chi connectivity index (χ1n) is 8.27. The second kappa shape index (κ2) is 7.54. The summed E-state index contributed by atoms with van der Waals surface area (Å²) in [6.45, 7) is 1.56. The molecule has 2 heterocycles. The Morgan fingerprint density at radius 1 is 1.27 bits per heavy atom. The summed E-state index contributed by atoms with van der Waals surface area (Å²) in [5, 5.41) is 3.30.